The lowest BCUT2D eigenvalue weighted by atomic mass is 9.92. The van der Waals surface area contributed by atoms with Crippen molar-refractivity contribution in [1.29, 1.82) is 0 Å². The second-order valence-electron chi connectivity index (χ2n) is 3.72. The van der Waals surface area contributed by atoms with E-state index in [-0.39, 0.29) is 5.54 Å². The van der Waals surface area contributed by atoms with Gasteiger partial charge in [0.15, 0.2) is 0 Å². The molecule has 0 aromatic rings. The van der Waals surface area contributed by atoms with E-state index < -0.39 is 0 Å². The average molecular weight is 154 g/mol. The van der Waals surface area contributed by atoms with Gasteiger partial charge < -0.3 is 11.1 Å². The molecule has 1 unspecified atom stereocenters. The van der Waals surface area contributed by atoms with Gasteiger partial charge in [-0.05, 0) is 32.7 Å². The highest BCUT2D eigenvalue weighted by atomic mass is 15.0. The molecule has 0 radical (unpaired) electrons. The minimum Gasteiger partial charge on any atom is -0.327 e. The van der Waals surface area contributed by atoms with Gasteiger partial charge in [0.2, 0.25) is 0 Å². The van der Waals surface area contributed by atoms with E-state index in [1.54, 1.807) is 0 Å². The highest BCUT2D eigenvalue weighted by Crippen LogP contribution is 2.24. The van der Waals surface area contributed by atoms with Crippen LogP contribution in [0.3, 0.4) is 0 Å². The van der Waals surface area contributed by atoms with E-state index in [9.17, 15) is 0 Å². The lowest BCUT2D eigenvalue weighted by Crippen LogP contribution is -2.37. The molecule has 1 atom stereocenters. The van der Waals surface area contributed by atoms with E-state index in [2.05, 4.69) is 18.8 Å². The van der Waals surface area contributed by atoms with Gasteiger partial charge in [0.25, 0.3) is 0 Å². The summed E-state index contributed by atoms with van der Waals surface area (Å²) in [5, 5.41) is 3.48. The van der Waals surface area contributed by atoms with Crippen molar-refractivity contribution in [1.82, 2.24) is 5.32 Å². The quantitative estimate of drug-likeness (QED) is 0.596. The molecule has 0 spiro atoms. The van der Waals surface area contributed by atoms with Gasteiger partial charge in [-0.2, -0.15) is 0 Å². The summed E-state index contributed by atoms with van der Waals surface area (Å²) in [6.07, 6.45) is 3.57. The monoisotopic (exact) mass is 154 g/mol. The Kier molecular flexibility index (Phi) is 2.68. The summed E-state index contributed by atoms with van der Waals surface area (Å²) >= 11 is 0. The van der Waals surface area contributed by atoms with Crippen LogP contribution in [0.5, 0.6) is 0 Å². The molecule has 0 amide bonds. The summed E-state index contributed by atoms with van der Waals surface area (Å²) in [6, 6.07) is 0. The summed E-state index contributed by atoms with van der Waals surface area (Å²) < 4.78 is 0. The lowest BCUT2D eigenvalue weighted by Gasteiger charge is -2.24. The molecule has 0 aromatic heterocycles. The van der Waals surface area contributed by atoms with Crippen LogP contribution in [0, 0.1) is 0 Å². The molecule has 1 saturated heterocycles. The van der Waals surface area contributed by atoms with Gasteiger partial charge in [0.1, 0.15) is 0 Å². The summed E-state index contributed by atoms with van der Waals surface area (Å²) in [6.45, 7) is 7.94. The number of nitrogens with two attached hydrogens (primary N) is 1. The number of hydrogen-bond acceptors (Lipinski definition) is 2. The van der Waals surface area contributed by atoms with Crippen LogP contribution in [0.15, 0.2) is 12.2 Å². The van der Waals surface area contributed by atoms with Crippen LogP contribution in [0.2, 0.25) is 0 Å². The maximum Gasteiger partial charge on any atom is 0.0191 e. The van der Waals surface area contributed by atoms with E-state index in [1.807, 2.05) is 0 Å². The van der Waals surface area contributed by atoms with E-state index in [0.29, 0.717) is 6.54 Å². The van der Waals surface area contributed by atoms with Gasteiger partial charge in [-0.15, -0.1) is 0 Å². The molecule has 1 aliphatic rings. The van der Waals surface area contributed by atoms with Gasteiger partial charge in [-0.25, -0.2) is 0 Å². The summed E-state index contributed by atoms with van der Waals surface area (Å²) in [7, 11) is 0. The van der Waals surface area contributed by atoms with Gasteiger partial charge in [-0.1, -0.05) is 12.2 Å². The molecule has 1 fully saturated rings. The van der Waals surface area contributed by atoms with Crippen molar-refractivity contribution in [3.63, 3.8) is 0 Å². The summed E-state index contributed by atoms with van der Waals surface area (Å²) in [5.41, 5.74) is 6.92. The molecule has 0 aliphatic carbocycles. The fraction of sp³-hybridized carbons (Fsp3) is 0.778. The van der Waals surface area contributed by atoms with E-state index in [0.717, 1.165) is 18.5 Å². The first-order valence-electron chi connectivity index (χ1n) is 4.28. The van der Waals surface area contributed by atoms with Crippen molar-refractivity contribution in [2.45, 2.75) is 31.7 Å². The smallest absolute Gasteiger partial charge is 0.0191 e. The maximum atomic E-state index is 5.48. The summed E-state index contributed by atoms with van der Waals surface area (Å²) in [5.74, 6) is 0. The predicted molar refractivity (Wildman–Crippen MR) is 48.5 cm³/mol. The zero-order valence-electron chi connectivity index (χ0n) is 7.32. The Hall–Kier alpha value is -0.340. The van der Waals surface area contributed by atoms with Crippen molar-refractivity contribution in [2.75, 3.05) is 13.1 Å². The Balaban J connectivity index is 2.39. The van der Waals surface area contributed by atoms with Gasteiger partial charge in [0.05, 0.1) is 0 Å². The number of rotatable bonds is 3. The molecule has 3 N–H and O–H groups in total. The van der Waals surface area contributed by atoms with Gasteiger partial charge in [-0.3, -0.25) is 0 Å². The summed E-state index contributed by atoms with van der Waals surface area (Å²) in [4.78, 5) is 0. The average Bonchev–Trinajstić information content (AvgIpc) is 2.36. The molecule has 1 heterocycles. The SMILES string of the molecule is C=C(CN)CC1(C)CCCN1. The number of nitrogens with one attached hydrogen (secondary N) is 1. The highest BCUT2D eigenvalue weighted by molar-refractivity contribution is 5.05. The Morgan fingerprint density at radius 3 is 2.91 bits per heavy atom. The first kappa shape index (κ1) is 8.75. The Morgan fingerprint density at radius 2 is 2.45 bits per heavy atom. The van der Waals surface area contributed by atoms with Crippen LogP contribution in [-0.4, -0.2) is 18.6 Å². The Labute approximate surface area is 68.9 Å². The van der Waals surface area contributed by atoms with Gasteiger partial charge >= 0.3 is 0 Å². The maximum absolute atomic E-state index is 5.48. The fourth-order valence-corrected chi connectivity index (χ4v) is 1.73. The van der Waals surface area contributed by atoms with E-state index in [1.165, 1.54) is 12.8 Å². The Morgan fingerprint density at radius 1 is 1.73 bits per heavy atom. The standard InChI is InChI=1S/C9H18N2/c1-8(7-10)6-9(2)4-3-5-11-9/h11H,1,3-7,10H2,2H3. The molecule has 0 aromatic carbocycles. The predicted octanol–water partition coefficient (Wildman–Crippen LogP) is 1.03. The Bertz CT molecular complexity index is 146. The third kappa shape index (κ3) is 2.31. The fourth-order valence-electron chi connectivity index (χ4n) is 1.73. The van der Waals surface area contributed by atoms with E-state index in [4.69, 9.17) is 5.73 Å². The zero-order valence-corrected chi connectivity index (χ0v) is 7.32. The molecule has 11 heavy (non-hydrogen) atoms. The van der Waals surface area contributed by atoms with Crippen LogP contribution < -0.4 is 11.1 Å². The van der Waals surface area contributed by atoms with Crippen LogP contribution >= 0.6 is 0 Å². The van der Waals surface area contributed by atoms with Crippen molar-refractivity contribution >= 4 is 0 Å². The minimum absolute atomic E-state index is 0.288. The van der Waals surface area contributed by atoms with E-state index >= 15 is 0 Å². The molecule has 2 nitrogen and oxygen atoms in total. The second kappa shape index (κ2) is 3.37. The van der Waals surface area contributed by atoms with Gasteiger partial charge in [0, 0.05) is 12.1 Å². The van der Waals surface area contributed by atoms with Crippen LogP contribution in [0.25, 0.3) is 0 Å². The lowest BCUT2D eigenvalue weighted by molar-refractivity contribution is 0.410. The molecular formula is C9H18N2. The topological polar surface area (TPSA) is 38.0 Å². The van der Waals surface area contributed by atoms with Crippen molar-refractivity contribution in [2.24, 2.45) is 5.73 Å². The van der Waals surface area contributed by atoms with Crippen LogP contribution in [0.1, 0.15) is 26.2 Å². The molecule has 64 valence electrons. The zero-order chi connectivity index (χ0) is 8.32. The third-order valence-corrected chi connectivity index (χ3v) is 2.39. The first-order chi connectivity index (χ1) is 5.16. The molecule has 1 rings (SSSR count). The molecule has 0 saturated carbocycles. The highest BCUT2D eigenvalue weighted by Gasteiger charge is 2.27. The normalized spacial score (nSPS) is 30.7. The van der Waals surface area contributed by atoms with Crippen molar-refractivity contribution in [3.8, 4) is 0 Å². The van der Waals surface area contributed by atoms with Crippen molar-refractivity contribution < 1.29 is 0 Å². The van der Waals surface area contributed by atoms with Crippen molar-refractivity contribution in [3.05, 3.63) is 12.2 Å². The largest absolute Gasteiger partial charge is 0.327 e. The van der Waals surface area contributed by atoms with Crippen LogP contribution in [0.4, 0.5) is 0 Å². The number of hydrogen-bond donors (Lipinski definition) is 2. The molecule has 0 bridgehead atoms. The second-order valence-corrected chi connectivity index (χ2v) is 3.72. The third-order valence-electron chi connectivity index (χ3n) is 2.39. The van der Waals surface area contributed by atoms with Crippen LogP contribution in [-0.2, 0) is 0 Å². The minimum atomic E-state index is 0.288. The molecule has 1 aliphatic heterocycles. The molecular weight excluding hydrogens is 136 g/mol. The molecule has 2 heteroatoms. The first-order valence-corrected chi connectivity index (χ1v) is 4.28.